The van der Waals surface area contributed by atoms with Gasteiger partial charge in [-0.15, -0.1) is 0 Å². The van der Waals surface area contributed by atoms with E-state index in [2.05, 4.69) is 9.97 Å². The third-order valence-electron chi connectivity index (χ3n) is 4.17. The number of rotatable bonds is 2. The van der Waals surface area contributed by atoms with Gasteiger partial charge < -0.3 is 9.88 Å². The molecule has 1 atom stereocenters. The minimum absolute atomic E-state index is 0.0526. The summed E-state index contributed by atoms with van der Waals surface area (Å²) in [5.74, 6) is 0.471. The quantitative estimate of drug-likeness (QED) is 0.918. The Labute approximate surface area is 129 Å². The number of amides is 1. The number of aryl methyl sites for hydroxylation is 1. The fraction of sp³-hybridized carbons (Fsp3) is 0.353. The lowest BCUT2D eigenvalue weighted by Gasteiger charge is -2.30. The molecule has 22 heavy (non-hydrogen) atoms. The van der Waals surface area contributed by atoms with Crippen LogP contribution in [0.15, 0.2) is 35.1 Å². The van der Waals surface area contributed by atoms with Gasteiger partial charge in [0.25, 0.3) is 5.56 Å². The summed E-state index contributed by atoms with van der Waals surface area (Å²) in [6.07, 6.45) is 0.632. The molecule has 3 rings (SSSR count). The lowest BCUT2D eigenvalue weighted by molar-refractivity contribution is -0.133. The Bertz CT molecular complexity index is 752. The van der Waals surface area contributed by atoms with E-state index in [4.69, 9.17) is 0 Å². The van der Waals surface area contributed by atoms with Crippen LogP contribution in [0.5, 0.6) is 0 Å². The van der Waals surface area contributed by atoms with Gasteiger partial charge >= 0.3 is 0 Å². The van der Waals surface area contributed by atoms with Gasteiger partial charge in [0, 0.05) is 13.0 Å². The molecule has 0 saturated heterocycles. The molecule has 114 valence electrons. The van der Waals surface area contributed by atoms with Crippen LogP contribution in [0.1, 0.15) is 35.5 Å². The molecule has 5 nitrogen and oxygen atoms in total. The van der Waals surface area contributed by atoms with E-state index in [-0.39, 0.29) is 17.4 Å². The maximum absolute atomic E-state index is 12.7. The average Bonchev–Trinajstić information content (AvgIpc) is 2.54. The van der Waals surface area contributed by atoms with Gasteiger partial charge in [-0.05, 0) is 19.4 Å². The van der Waals surface area contributed by atoms with Gasteiger partial charge in [-0.2, -0.15) is 0 Å². The summed E-state index contributed by atoms with van der Waals surface area (Å²) in [4.78, 5) is 33.6. The third-order valence-corrected chi connectivity index (χ3v) is 4.17. The average molecular weight is 297 g/mol. The molecular formula is C17H19N3O2. The largest absolute Gasteiger partial charge is 0.337 e. The molecule has 0 saturated carbocycles. The first kappa shape index (κ1) is 14.5. The molecule has 5 heteroatoms. The molecule has 0 bridgehead atoms. The Morgan fingerprint density at radius 3 is 2.77 bits per heavy atom. The van der Waals surface area contributed by atoms with Crippen molar-refractivity contribution < 1.29 is 4.79 Å². The first-order valence-electron chi connectivity index (χ1n) is 7.48. The first-order chi connectivity index (χ1) is 10.6. The van der Waals surface area contributed by atoms with Crippen molar-refractivity contribution in [3.8, 4) is 0 Å². The molecule has 1 aromatic carbocycles. The predicted molar refractivity (Wildman–Crippen MR) is 83.6 cm³/mol. The monoisotopic (exact) mass is 297 g/mol. The molecule has 2 heterocycles. The van der Waals surface area contributed by atoms with Crippen LogP contribution in [0.3, 0.4) is 0 Å². The molecular weight excluding hydrogens is 278 g/mol. The highest BCUT2D eigenvalue weighted by atomic mass is 16.2. The predicted octanol–water partition coefficient (Wildman–Crippen LogP) is 1.77. The number of nitrogens with one attached hydrogen (secondary N) is 1. The lowest BCUT2D eigenvalue weighted by atomic mass is 9.98. The van der Waals surface area contributed by atoms with Crippen molar-refractivity contribution in [1.29, 1.82) is 0 Å². The van der Waals surface area contributed by atoms with E-state index < -0.39 is 0 Å². The van der Waals surface area contributed by atoms with E-state index in [1.165, 1.54) is 0 Å². The van der Waals surface area contributed by atoms with Crippen LogP contribution >= 0.6 is 0 Å². The summed E-state index contributed by atoms with van der Waals surface area (Å²) in [7, 11) is 0. The van der Waals surface area contributed by atoms with Crippen LogP contribution in [0, 0.1) is 6.92 Å². The highest BCUT2D eigenvalue weighted by molar-refractivity contribution is 5.83. The second kappa shape index (κ2) is 5.75. The summed E-state index contributed by atoms with van der Waals surface area (Å²) in [6.45, 7) is 4.63. The third kappa shape index (κ3) is 2.66. The maximum Gasteiger partial charge on any atom is 0.256 e. The Hall–Kier alpha value is -2.43. The smallest absolute Gasteiger partial charge is 0.256 e. The van der Waals surface area contributed by atoms with Crippen LogP contribution in [0.25, 0.3) is 0 Å². The minimum Gasteiger partial charge on any atom is -0.337 e. The highest BCUT2D eigenvalue weighted by Gasteiger charge is 2.27. The number of hydrogen-bond acceptors (Lipinski definition) is 3. The van der Waals surface area contributed by atoms with Gasteiger partial charge in [0.15, 0.2) is 0 Å². The Balaban J connectivity index is 1.83. The van der Waals surface area contributed by atoms with Crippen LogP contribution in [0.2, 0.25) is 0 Å². The summed E-state index contributed by atoms with van der Waals surface area (Å²) >= 11 is 0. The number of aromatic amines is 1. The standard InChI is InChI=1S/C17H19N3O2/c1-11(13-6-4-3-5-7-13)17(22)20-9-8-15-14(10-20)16(21)19-12(2)18-15/h3-7,11H,8-10H2,1-2H3,(H,18,19,21). The summed E-state index contributed by atoms with van der Waals surface area (Å²) in [5, 5.41) is 0. The number of carbonyl (C=O) groups is 1. The number of nitrogens with zero attached hydrogens (tertiary/aromatic N) is 2. The van der Waals surface area contributed by atoms with Gasteiger partial charge in [0.05, 0.1) is 23.7 Å². The van der Waals surface area contributed by atoms with Gasteiger partial charge in [0.2, 0.25) is 5.91 Å². The second-order valence-corrected chi connectivity index (χ2v) is 5.72. The molecule has 1 unspecified atom stereocenters. The van der Waals surface area contributed by atoms with Crippen molar-refractivity contribution in [3.63, 3.8) is 0 Å². The van der Waals surface area contributed by atoms with Crippen molar-refractivity contribution >= 4 is 5.91 Å². The number of carbonyl (C=O) groups excluding carboxylic acids is 1. The molecule has 1 aromatic heterocycles. The molecule has 0 fully saturated rings. The van der Waals surface area contributed by atoms with E-state index in [1.807, 2.05) is 37.3 Å². The van der Waals surface area contributed by atoms with Crippen LogP contribution in [0.4, 0.5) is 0 Å². The fourth-order valence-corrected chi connectivity index (χ4v) is 2.90. The molecule has 1 N–H and O–H groups in total. The van der Waals surface area contributed by atoms with Gasteiger partial charge in [0.1, 0.15) is 5.82 Å². The van der Waals surface area contributed by atoms with E-state index in [0.717, 1.165) is 11.3 Å². The molecule has 0 spiro atoms. The van der Waals surface area contributed by atoms with Crippen LogP contribution in [-0.2, 0) is 17.8 Å². The summed E-state index contributed by atoms with van der Waals surface area (Å²) in [6, 6.07) is 9.71. The molecule has 0 radical (unpaired) electrons. The molecule has 0 aliphatic carbocycles. The lowest BCUT2D eigenvalue weighted by Crippen LogP contribution is -2.41. The second-order valence-electron chi connectivity index (χ2n) is 5.72. The SMILES string of the molecule is Cc1nc2c(c(=O)[nH]1)CN(C(=O)C(C)c1ccccc1)CC2. The molecule has 1 aliphatic heterocycles. The van der Waals surface area contributed by atoms with Crippen molar-refractivity contribution in [3.05, 3.63) is 63.3 Å². The molecule has 1 amide bonds. The summed E-state index contributed by atoms with van der Waals surface area (Å²) in [5.41, 5.74) is 2.30. The Morgan fingerprint density at radius 2 is 2.05 bits per heavy atom. The zero-order chi connectivity index (χ0) is 15.7. The number of hydrogen-bond donors (Lipinski definition) is 1. The molecule has 1 aliphatic rings. The van der Waals surface area contributed by atoms with Crippen molar-refractivity contribution in [2.24, 2.45) is 0 Å². The fourth-order valence-electron chi connectivity index (χ4n) is 2.90. The number of fused-ring (bicyclic) bond motifs is 1. The van der Waals surface area contributed by atoms with Crippen molar-refractivity contribution in [2.45, 2.75) is 32.7 Å². The normalized spacial score (nSPS) is 15.3. The molecule has 2 aromatic rings. The zero-order valence-electron chi connectivity index (χ0n) is 12.8. The Kier molecular flexibility index (Phi) is 3.79. The maximum atomic E-state index is 12.7. The summed E-state index contributed by atoms with van der Waals surface area (Å²) < 4.78 is 0. The highest BCUT2D eigenvalue weighted by Crippen LogP contribution is 2.21. The van der Waals surface area contributed by atoms with Crippen molar-refractivity contribution in [1.82, 2.24) is 14.9 Å². The van der Waals surface area contributed by atoms with Gasteiger partial charge in [-0.3, -0.25) is 9.59 Å². The van der Waals surface area contributed by atoms with Crippen LogP contribution < -0.4 is 5.56 Å². The van der Waals surface area contributed by atoms with Crippen molar-refractivity contribution in [2.75, 3.05) is 6.54 Å². The van der Waals surface area contributed by atoms with E-state index >= 15 is 0 Å². The van der Waals surface area contributed by atoms with Crippen LogP contribution in [-0.4, -0.2) is 27.3 Å². The first-order valence-corrected chi connectivity index (χ1v) is 7.48. The Morgan fingerprint density at radius 1 is 1.32 bits per heavy atom. The zero-order valence-corrected chi connectivity index (χ0v) is 12.8. The minimum atomic E-state index is -0.208. The van der Waals surface area contributed by atoms with E-state index in [9.17, 15) is 9.59 Å². The van der Waals surface area contributed by atoms with E-state index in [1.54, 1.807) is 11.8 Å². The van der Waals surface area contributed by atoms with Gasteiger partial charge in [-0.25, -0.2) is 4.98 Å². The van der Waals surface area contributed by atoms with Gasteiger partial charge in [-0.1, -0.05) is 30.3 Å². The topological polar surface area (TPSA) is 66.1 Å². The number of H-pyrrole nitrogens is 1. The van der Waals surface area contributed by atoms with E-state index in [0.29, 0.717) is 30.9 Å². The number of aromatic nitrogens is 2. The number of benzene rings is 1.